The fourth-order valence-electron chi connectivity index (χ4n) is 1.93. The van der Waals surface area contributed by atoms with Gasteiger partial charge in [-0.05, 0) is 17.4 Å². The summed E-state index contributed by atoms with van der Waals surface area (Å²) in [5.74, 6) is 0.573. The van der Waals surface area contributed by atoms with Crippen molar-refractivity contribution in [3.05, 3.63) is 16.2 Å². The van der Waals surface area contributed by atoms with Crippen LogP contribution in [-0.2, 0) is 12.0 Å². The number of hydrogen-bond acceptors (Lipinski definition) is 8. The van der Waals surface area contributed by atoms with Gasteiger partial charge in [-0.2, -0.15) is 0 Å². The Morgan fingerprint density at radius 3 is 2.52 bits per heavy atom. The van der Waals surface area contributed by atoms with Crippen molar-refractivity contribution >= 4 is 11.2 Å². The largest absolute Gasteiger partial charge is 0.308 e. The molecule has 0 spiro atoms. The van der Waals surface area contributed by atoms with Crippen LogP contribution in [-0.4, -0.2) is 30.6 Å². The standard InChI is InChI=1S/C11H15N9O/c1-10(2,3)9-12-7-6(8(21)13-9)14-19-20(7)5-11(4)15-17-18-16-11/h5H2,1-4H3,(H,12,13,21). The molecule has 2 aromatic rings. The van der Waals surface area contributed by atoms with Gasteiger partial charge in [0.1, 0.15) is 5.82 Å². The second kappa shape index (κ2) is 4.24. The number of rotatable bonds is 2. The molecule has 2 aromatic heterocycles. The fourth-order valence-corrected chi connectivity index (χ4v) is 1.93. The number of nitrogens with one attached hydrogen (secondary N) is 1. The molecule has 0 fully saturated rings. The minimum Gasteiger partial charge on any atom is -0.308 e. The van der Waals surface area contributed by atoms with Gasteiger partial charge in [-0.15, -0.1) is 15.3 Å². The van der Waals surface area contributed by atoms with E-state index in [1.54, 1.807) is 6.92 Å². The Morgan fingerprint density at radius 2 is 1.90 bits per heavy atom. The lowest BCUT2D eigenvalue weighted by molar-refractivity contribution is 0.388. The summed E-state index contributed by atoms with van der Waals surface area (Å²) >= 11 is 0. The smallest absolute Gasteiger partial charge is 0.281 e. The van der Waals surface area contributed by atoms with E-state index < -0.39 is 5.66 Å². The lowest BCUT2D eigenvalue weighted by atomic mass is 9.96. The van der Waals surface area contributed by atoms with Crippen molar-refractivity contribution in [3.63, 3.8) is 0 Å². The van der Waals surface area contributed by atoms with Crippen LogP contribution in [0.2, 0.25) is 0 Å². The molecular formula is C11H15N9O. The predicted octanol–water partition coefficient (Wildman–Crippen LogP) is 1.36. The SMILES string of the molecule is CC1(Cn2nnc3c(=O)[nH]c(C(C)(C)C)nc32)N=NN=N1. The molecule has 0 atom stereocenters. The molecule has 0 unspecified atom stereocenters. The van der Waals surface area contributed by atoms with Gasteiger partial charge in [-0.3, -0.25) is 4.79 Å². The first kappa shape index (κ1) is 13.5. The Bertz CT molecular complexity index is 795. The molecule has 3 heterocycles. The summed E-state index contributed by atoms with van der Waals surface area (Å²) in [5, 5.41) is 22.7. The monoisotopic (exact) mass is 289 g/mol. The van der Waals surface area contributed by atoms with E-state index >= 15 is 0 Å². The Morgan fingerprint density at radius 1 is 1.24 bits per heavy atom. The van der Waals surface area contributed by atoms with Gasteiger partial charge in [0.15, 0.2) is 11.2 Å². The van der Waals surface area contributed by atoms with Crippen molar-refractivity contribution in [3.8, 4) is 0 Å². The van der Waals surface area contributed by atoms with Crippen LogP contribution >= 0.6 is 0 Å². The van der Waals surface area contributed by atoms with Crippen LogP contribution in [0.15, 0.2) is 25.5 Å². The zero-order chi connectivity index (χ0) is 15.3. The maximum atomic E-state index is 12.1. The number of aromatic nitrogens is 5. The van der Waals surface area contributed by atoms with Crippen LogP contribution in [0.5, 0.6) is 0 Å². The van der Waals surface area contributed by atoms with Crippen molar-refractivity contribution in [1.82, 2.24) is 25.0 Å². The lowest BCUT2D eigenvalue weighted by Crippen LogP contribution is -2.26. The normalized spacial score (nSPS) is 17.0. The lowest BCUT2D eigenvalue weighted by Gasteiger charge is -2.17. The van der Waals surface area contributed by atoms with Gasteiger partial charge in [0.2, 0.25) is 5.66 Å². The van der Waals surface area contributed by atoms with E-state index in [0.717, 1.165) is 0 Å². The summed E-state index contributed by atoms with van der Waals surface area (Å²) in [5.41, 5.74) is -0.844. The van der Waals surface area contributed by atoms with Gasteiger partial charge in [0.05, 0.1) is 6.54 Å². The van der Waals surface area contributed by atoms with Gasteiger partial charge in [0, 0.05) is 5.41 Å². The molecule has 0 saturated carbocycles. The van der Waals surface area contributed by atoms with E-state index in [2.05, 4.69) is 41.0 Å². The van der Waals surface area contributed by atoms with Gasteiger partial charge in [-0.1, -0.05) is 26.0 Å². The summed E-state index contributed by atoms with van der Waals surface area (Å²) < 4.78 is 1.50. The summed E-state index contributed by atoms with van der Waals surface area (Å²) in [6.45, 7) is 7.92. The maximum Gasteiger partial charge on any atom is 0.281 e. The molecule has 0 radical (unpaired) electrons. The Labute approximate surface area is 119 Å². The Hall–Kier alpha value is -2.52. The van der Waals surface area contributed by atoms with Gasteiger partial charge < -0.3 is 4.98 Å². The van der Waals surface area contributed by atoms with Crippen molar-refractivity contribution in [2.45, 2.75) is 45.3 Å². The number of nitrogens with zero attached hydrogens (tertiary/aromatic N) is 8. The molecule has 3 rings (SSSR count). The van der Waals surface area contributed by atoms with Crippen molar-refractivity contribution in [1.29, 1.82) is 0 Å². The van der Waals surface area contributed by atoms with E-state index in [4.69, 9.17) is 0 Å². The van der Waals surface area contributed by atoms with Crippen molar-refractivity contribution < 1.29 is 0 Å². The van der Waals surface area contributed by atoms with Crippen LogP contribution in [0.25, 0.3) is 11.2 Å². The molecule has 1 aliphatic rings. The predicted molar refractivity (Wildman–Crippen MR) is 72.8 cm³/mol. The van der Waals surface area contributed by atoms with Crippen LogP contribution < -0.4 is 5.56 Å². The molecule has 0 amide bonds. The second-order valence-corrected chi connectivity index (χ2v) is 6.18. The van der Waals surface area contributed by atoms with E-state index in [1.807, 2.05) is 20.8 Å². The highest BCUT2D eigenvalue weighted by molar-refractivity contribution is 5.68. The summed E-state index contributed by atoms with van der Waals surface area (Å²) in [6, 6.07) is 0. The van der Waals surface area contributed by atoms with Crippen molar-refractivity contribution in [2.24, 2.45) is 20.7 Å². The third-order valence-corrected chi connectivity index (χ3v) is 3.09. The topological polar surface area (TPSA) is 126 Å². The van der Waals surface area contributed by atoms with Crippen LogP contribution in [0.1, 0.15) is 33.5 Å². The minimum absolute atomic E-state index is 0.193. The number of fused-ring (bicyclic) bond motifs is 1. The molecule has 0 bridgehead atoms. The number of aromatic amines is 1. The van der Waals surface area contributed by atoms with E-state index in [-0.39, 0.29) is 23.0 Å². The third kappa shape index (κ3) is 2.32. The summed E-state index contributed by atoms with van der Waals surface area (Å²) in [7, 11) is 0. The molecule has 1 aliphatic heterocycles. The maximum absolute atomic E-state index is 12.1. The Balaban J connectivity index is 2.12. The summed E-state index contributed by atoms with van der Waals surface area (Å²) in [6.07, 6.45) is 0. The molecule has 1 N–H and O–H groups in total. The zero-order valence-electron chi connectivity index (χ0n) is 12.2. The third-order valence-electron chi connectivity index (χ3n) is 3.09. The molecule has 10 heteroatoms. The second-order valence-electron chi connectivity index (χ2n) is 6.18. The van der Waals surface area contributed by atoms with Crippen LogP contribution in [0.3, 0.4) is 0 Å². The first-order valence-corrected chi connectivity index (χ1v) is 6.47. The van der Waals surface area contributed by atoms with Crippen LogP contribution in [0.4, 0.5) is 0 Å². The van der Waals surface area contributed by atoms with Gasteiger partial charge in [0.25, 0.3) is 5.56 Å². The number of H-pyrrole nitrogens is 1. The van der Waals surface area contributed by atoms with E-state index in [0.29, 0.717) is 11.5 Å². The van der Waals surface area contributed by atoms with Crippen LogP contribution in [0, 0.1) is 0 Å². The quantitative estimate of drug-likeness (QED) is 0.895. The summed E-state index contributed by atoms with van der Waals surface area (Å²) in [4.78, 5) is 19.3. The molecule has 0 aliphatic carbocycles. The molecular weight excluding hydrogens is 274 g/mol. The number of hydrogen-bond donors (Lipinski definition) is 1. The fraction of sp³-hybridized carbons (Fsp3) is 0.636. The Kier molecular flexibility index (Phi) is 2.72. The van der Waals surface area contributed by atoms with Crippen molar-refractivity contribution in [2.75, 3.05) is 0 Å². The van der Waals surface area contributed by atoms with Gasteiger partial charge in [-0.25, -0.2) is 9.67 Å². The highest BCUT2D eigenvalue weighted by Gasteiger charge is 2.30. The molecule has 21 heavy (non-hydrogen) atoms. The molecule has 0 saturated heterocycles. The average molecular weight is 289 g/mol. The highest BCUT2D eigenvalue weighted by atomic mass is 16.1. The van der Waals surface area contributed by atoms with Gasteiger partial charge >= 0.3 is 0 Å². The van der Waals surface area contributed by atoms with E-state index in [9.17, 15) is 4.79 Å². The first-order valence-electron chi connectivity index (χ1n) is 6.47. The highest BCUT2D eigenvalue weighted by Crippen LogP contribution is 2.23. The zero-order valence-corrected chi connectivity index (χ0v) is 12.2. The molecule has 10 nitrogen and oxygen atoms in total. The van der Waals surface area contributed by atoms with E-state index in [1.165, 1.54) is 4.68 Å². The first-order chi connectivity index (χ1) is 9.78. The molecule has 110 valence electrons. The minimum atomic E-state index is -0.840. The average Bonchev–Trinajstić information content (AvgIpc) is 2.97. The molecule has 0 aromatic carbocycles.